The topological polar surface area (TPSA) is 92.2 Å². The van der Waals surface area contributed by atoms with Crippen molar-refractivity contribution < 1.29 is 14.7 Å². The van der Waals surface area contributed by atoms with Crippen molar-refractivity contribution in [1.82, 2.24) is 15.3 Å². The molecular weight excluding hydrogens is 270 g/mol. The van der Waals surface area contributed by atoms with Crippen molar-refractivity contribution >= 4 is 11.9 Å². The highest BCUT2D eigenvalue weighted by Gasteiger charge is 2.10. The minimum absolute atomic E-state index is 0.0930. The summed E-state index contributed by atoms with van der Waals surface area (Å²) in [6, 6.07) is 6.57. The lowest BCUT2D eigenvalue weighted by molar-refractivity contribution is 0.0689. The van der Waals surface area contributed by atoms with Crippen LogP contribution in [-0.2, 0) is 13.0 Å². The summed E-state index contributed by atoms with van der Waals surface area (Å²) in [6.45, 7) is 2.35. The number of pyridine rings is 2. The molecule has 0 unspecified atom stereocenters. The number of nitrogens with one attached hydrogen (secondary N) is 1. The van der Waals surface area contributed by atoms with Crippen molar-refractivity contribution in [3.63, 3.8) is 0 Å². The predicted molar refractivity (Wildman–Crippen MR) is 76.0 cm³/mol. The number of hydrogen-bond donors (Lipinski definition) is 2. The molecule has 1 amide bonds. The molecule has 0 aromatic carbocycles. The Morgan fingerprint density at radius 3 is 2.67 bits per heavy atom. The van der Waals surface area contributed by atoms with E-state index in [1.807, 2.05) is 19.1 Å². The molecule has 0 saturated carbocycles. The lowest BCUT2D eigenvalue weighted by Gasteiger charge is -2.08. The number of aromatic carboxylic acids is 1. The molecule has 0 fully saturated rings. The van der Waals surface area contributed by atoms with E-state index >= 15 is 0 Å². The van der Waals surface area contributed by atoms with Crippen molar-refractivity contribution in [2.45, 2.75) is 19.9 Å². The van der Waals surface area contributed by atoms with Crippen molar-refractivity contribution in [2.24, 2.45) is 0 Å². The molecule has 6 heteroatoms. The van der Waals surface area contributed by atoms with Gasteiger partial charge in [0.05, 0.1) is 17.8 Å². The number of nitrogens with zero attached hydrogens (tertiary/aromatic N) is 2. The van der Waals surface area contributed by atoms with E-state index in [2.05, 4.69) is 15.3 Å². The molecule has 2 heterocycles. The van der Waals surface area contributed by atoms with Crippen LogP contribution in [0.3, 0.4) is 0 Å². The fourth-order valence-electron chi connectivity index (χ4n) is 1.87. The Bertz CT molecular complexity index is 653. The lowest BCUT2D eigenvalue weighted by atomic mass is 10.1. The van der Waals surface area contributed by atoms with Crippen molar-refractivity contribution in [3.05, 3.63) is 59.2 Å². The molecule has 0 spiro atoms. The van der Waals surface area contributed by atoms with Gasteiger partial charge < -0.3 is 10.4 Å². The van der Waals surface area contributed by atoms with Gasteiger partial charge in [-0.25, -0.2) is 9.78 Å². The third kappa shape index (κ3) is 3.62. The summed E-state index contributed by atoms with van der Waals surface area (Å²) in [7, 11) is 0. The number of rotatable bonds is 5. The molecule has 2 N–H and O–H groups in total. The Hall–Kier alpha value is -2.76. The SMILES string of the molecule is CCc1cccnc1CNC(=O)c1ccc(C(=O)O)nc1. The second kappa shape index (κ2) is 6.60. The van der Waals surface area contributed by atoms with Crippen LogP contribution >= 0.6 is 0 Å². The largest absolute Gasteiger partial charge is 0.477 e. The first-order valence-electron chi connectivity index (χ1n) is 6.52. The molecule has 2 rings (SSSR count). The minimum Gasteiger partial charge on any atom is -0.477 e. The Kier molecular flexibility index (Phi) is 4.61. The smallest absolute Gasteiger partial charge is 0.354 e. The maximum Gasteiger partial charge on any atom is 0.354 e. The maximum absolute atomic E-state index is 12.0. The van der Waals surface area contributed by atoms with E-state index in [1.54, 1.807) is 6.20 Å². The summed E-state index contributed by atoms with van der Waals surface area (Å²) in [5, 5.41) is 11.5. The van der Waals surface area contributed by atoms with Gasteiger partial charge in [-0.15, -0.1) is 0 Å². The number of hydrogen-bond acceptors (Lipinski definition) is 4. The normalized spacial score (nSPS) is 10.1. The Labute approximate surface area is 121 Å². The van der Waals surface area contributed by atoms with Crippen molar-refractivity contribution in [3.8, 4) is 0 Å². The average molecular weight is 285 g/mol. The quantitative estimate of drug-likeness (QED) is 0.871. The molecule has 21 heavy (non-hydrogen) atoms. The first-order valence-corrected chi connectivity index (χ1v) is 6.52. The second-order valence-corrected chi connectivity index (χ2v) is 4.38. The average Bonchev–Trinajstić information content (AvgIpc) is 2.52. The van der Waals surface area contributed by atoms with Crippen LogP contribution < -0.4 is 5.32 Å². The van der Waals surface area contributed by atoms with E-state index in [4.69, 9.17) is 5.11 Å². The fourth-order valence-corrected chi connectivity index (χ4v) is 1.87. The first kappa shape index (κ1) is 14.6. The van der Waals surface area contributed by atoms with Crippen LogP contribution in [-0.4, -0.2) is 27.0 Å². The number of aromatic nitrogens is 2. The highest BCUT2D eigenvalue weighted by Crippen LogP contribution is 2.06. The number of carbonyl (C=O) groups is 2. The molecule has 2 aromatic rings. The minimum atomic E-state index is -1.12. The maximum atomic E-state index is 12.0. The van der Waals surface area contributed by atoms with Gasteiger partial charge in [-0.05, 0) is 30.2 Å². The number of carboxylic acid groups (broad SMARTS) is 1. The third-order valence-corrected chi connectivity index (χ3v) is 3.03. The van der Waals surface area contributed by atoms with E-state index in [9.17, 15) is 9.59 Å². The molecule has 0 aliphatic heterocycles. The van der Waals surface area contributed by atoms with Gasteiger partial charge in [0.15, 0.2) is 0 Å². The van der Waals surface area contributed by atoms with Gasteiger partial charge in [0, 0.05) is 12.4 Å². The van der Waals surface area contributed by atoms with Gasteiger partial charge in [0.1, 0.15) is 5.69 Å². The Morgan fingerprint density at radius 1 is 1.24 bits per heavy atom. The third-order valence-electron chi connectivity index (χ3n) is 3.03. The van der Waals surface area contributed by atoms with Crippen molar-refractivity contribution in [2.75, 3.05) is 0 Å². The molecule has 0 aliphatic carbocycles. The number of carbonyl (C=O) groups excluding carboxylic acids is 1. The Morgan fingerprint density at radius 2 is 2.05 bits per heavy atom. The van der Waals surface area contributed by atoms with Crippen molar-refractivity contribution in [1.29, 1.82) is 0 Å². The lowest BCUT2D eigenvalue weighted by Crippen LogP contribution is -2.24. The monoisotopic (exact) mass is 285 g/mol. The second-order valence-electron chi connectivity index (χ2n) is 4.38. The standard InChI is InChI=1S/C15H15N3O3/c1-2-10-4-3-7-16-13(10)9-18-14(19)11-5-6-12(15(20)21)17-8-11/h3-8H,2,9H2,1H3,(H,18,19)(H,20,21). The van der Waals surface area contributed by atoms with E-state index in [0.29, 0.717) is 12.1 Å². The number of amides is 1. The highest BCUT2D eigenvalue weighted by molar-refractivity contribution is 5.94. The summed E-state index contributed by atoms with van der Waals surface area (Å²) in [6.07, 6.45) is 3.77. The fraction of sp³-hybridized carbons (Fsp3) is 0.200. The molecule has 0 saturated heterocycles. The van der Waals surface area contributed by atoms with Gasteiger partial charge in [0.2, 0.25) is 0 Å². The molecule has 108 valence electrons. The molecule has 0 atom stereocenters. The molecule has 0 bridgehead atoms. The van der Waals surface area contributed by atoms with E-state index < -0.39 is 5.97 Å². The zero-order valence-corrected chi connectivity index (χ0v) is 11.5. The van der Waals surface area contributed by atoms with Gasteiger partial charge in [0.25, 0.3) is 5.91 Å². The van der Waals surface area contributed by atoms with E-state index in [1.165, 1.54) is 18.3 Å². The summed E-state index contributed by atoms with van der Waals surface area (Å²) in [5.74, 6) is -1.44. The Balaban J connectivity index is 2.03. The van der Waals surface area contributed by atoms with Gasteiger partial charge in [-0.3, -0.25) is 9.78 Å². The molecule has 0 aliphatic rings. The van der Waals surface area contributed by atoms with Gasteiger partial charge >= 0.3 is 5.97 Å². The van der Waals surface area contributed by atoms with Crippen LogP contribution in [0.5, 0.6) is 0 Å². The molecule has 2 aromatic heterocycles. The number of aryl methyl sites for hydroxylation is 1. The van der Waals surface area contributed by atoms with Crippen LogP contribution in [0, 0.1) is 0 Å². The summed E-state index contributed by atoms with van der Waals surface area (Å²) < 4.78 is 0. The highest BCUT2D eigenvalue weighted by atomic mass is 16.4. The van der Waals surface area contributed by atoms with Crippen LogP contribution in [0.1, 0.15) is 39.0 Å². The number of carboxylic acids is 1. The molecule has 0 radical (unpaired) electrons. The molecule has 6 nitrogen and oxygen atoms in total. The zero-order valence-electron chi connectivity index (χ0n) is 11.5. The van der Waals surface area contributed by atoms with E-state index in [0.717, 1.165) is 17.7 Å². The van der Waals surface area contributed by atoms with Crippen LogP contribution in [0.4, 0.5) is 0 Å². The summed E-state index contributed by atoms with van der Waals surface area (Å²) in [5.41, 5.74) is 2.12. The summed E-state index contributed by atoms with van der Waals surface area (Å²) >= 11 is 0. The van der Waals surface area contributed by atoms with Crippen LogP contribution in [0.2, 0.25) is 0 Å². The van der Waals surface area contributed by atoms with Gasteiger partial charge in [-0.1, -0.05) is 13.0 Å². The van der Waals surface area contributed by atoms with Crippen LogP contribution in [0.15, 0.2) is 36.7 Å². The predicted octanol–water partition coefficient (Wildman–Crippen LogP) is 1.67. The van der Waals surface area contributed by atoms with Gasteiger partial charge in [-0.2, -0.15) is 0 Å². The van der Waals surface area contributed by atoms with Crippen LogP contribution in [0.25, 0.3) is 0 Å². The summed E-state index contributed by atoms with van der Waals surface area (Å²) in [4.78, 5) is 30.6. The first-order chi connectivity index (χ1) is 10.1. The molecular formula is C15H15N3O3. The van der Waals surface area contributed by atoms with E-state index in [-0.39, 0.29) is 11.6 Å². The zero-order chi connectivity index (χ0) is 15.2.